The van der Waals surface area contributed by atoms with E-state index in [9.17, 15) is 4.79 Å². The number of rotatable bonds is 11. The van der Waals surface area contributed by atoms with Gasteiger partial charge in [0.2, 0.25) is 5.79 Å². The van der Waals surface area contributed by atoms with Crippen molar-refractivity contribution in [2.45, 2.75) is 44.7 Å². The Morgan fingerprint density at radius 3 is 2.46 bits per heavy atom. The van der Waals surface area contributed by atoms with E-state index in [-0.39, 0.29) is 37.3 Å². The predicted octanol–water partition coefficient (Wildman–Crippen LogP) is 5.11. The second-order valence-corrected chi connectivity index (χ2v) is 13.2. The minimum Gasteiger partial charge on any atom is -0.491 e. The maximum Gasteiger partial charge on any atom is 0.350 e. The smallest absolute Gasteiger partial charge is 0.350 e. The van der Waals surface area contributed by atoms with Crippen LogP contribution >= 0.6 is 23.2 Å². The topological polar surface area (TPSA) is 118 Å². The van der Waals surface area contributed by atoms with Crippen LogP contribution in [0.4, 0.5) is 15.8 Å². The molecule has 13 nitrogen and oxygen atoms in total. The monoisotopic (exact) mass is 723 g/mol. The highest BCUT2D eigenvalue weighted by molar-refractivity contribution is 6.35. The minimum atomic E-state index is -1.28. The fraction of sp³-hybridized carbons (Fsp3) is 0.382. The van der Waals surface area contributed by atoms with Gasteiger partial charge in [0.05, 0.1) is 29.0 Å². The summed E-state index contributed by atoms with van der Waals surface area (Å²) in [6.45, 7) is 7.19. The molecule has 7 rings (SSSR count). The summed E-state index contributed by atoms with van der Waals surface area (Å²) >= 11 is 12.7. The zero-order chi connectivity index (χ0) is 34.8. The first kappa shape index (κ1) is 34.0. The van der Waals surface area contributed by atoms with Crippen molar-refractivity contribution in [3.05, 3.63) is 105 Å². The van der Waals surface area contributed by atoms with Crippen molar-refractivity contribution < 1.29 is 18.6 Å². The van der Waals surface area contributed by atoms with Crippen molar-refractivity contribution in [1.29, 1.82) is 0 Å². The van der Waals surface area contributed by atoms with Crippen molar-refractivity contribution in [3.63, 3.8) is 0 Å². The highest BCUT2D eigenvalue weighted by Gasteiger charge is 2.46. The molecule has 16 heteroatoms. The lowest BCUT2D eigenvalue weighted by Crippen LogP contribution is -2.46. The number of benzene rings is 3. The number of ether oxygens (including phenoxy) is 3. The van der Waals surface area contributed by atoms with Crippen LogP contribution in [-0.4, -0.2) is 80.1 Å². The van der Waals surface area contributed by atoms with E-state index in [1.165, 1.54) is 21.8 Å². The SMILES string of the molecule is CCC(C)n1ncn(-c2ccc(N3CCN(c4ccc(OC[C@@H]5CO[C@@](Cn6cnnn6)(c6ccc(Cl)cc6Cl)O5)cc4F)CC3)cc2)c1=O. The molecule has 262 valence electrons. The van der Waals surface area contributed by atoms with E-state index in [1.54, 1.807) is 41.2 Å². The van der Waals surface area contributed by atoms with E-state index in [0.29, 0.717) is 53.2 Å². The second kappa shape index (κ2) is 14.4. The molecule has 3 atom stereocenters. The molecular formula is C34H36Cl2FN9O4. The van der Waals surface area contributed by atoms with Gasteiger partial charge >= 0.3 is 5.69 Å². The summed E-state index contributed by atoms with van der Waals surface area (Å²) in [5, 5.41) is 16.5. The number of nitrogens with zero attached hydrogens (tertiary/aromatic N) is 9. The van der Waals surface area contributed by atoms with Crippen molar-refractivity contribution in [2.75, 3.05) is 49.2 Å². The number of halogens is 3. The normalized spacial score (nSPS) is 20.0. The lowest BCUT2D eigenvalue weighted by atomic mass is 10.1. The third kappa shape index (κ3) is 6.93. The van der Waals surface area contributed by atoms with Crippen LogP contribution in [0.15, 0.2) is 78.1 Å². The number of piperazine rings is 1. The lowest BCUT2D eigenvalue weighted by molar-refractivity contribution is -0.190. The fourth-order valence-electron chi connectivity index (χ4n) is 6.24. The number of aromatic nitrogens is 7. The Bertz CT molecular complexity index is 1980. The van der Waals surface area contributed by atoms with E-state index in [2.05, 4.69) is 25.5 Å². The Morgan fingerprint density at radius 2 is 1.76 bits per heavy atom. The van der Waals surface area contributed by atoms with Crippen LogP contribution in [0.3, 0.4) is 0 Å². The van der Waals surface area contributed by atoms with Gasteiger partial charge in [-0.1, -0.05) is 36.2 Å². The van der Waals surface area contributed by atoms with Gasteiger partial charge < -0.3 is 24.0 Å². The number of hydrogen-bond acceptors (Lipinski definition) is 10. The molecular weight excluding hydrogens is 688 g/mol. The average Bonchev–Trinajstić information content (AvgIpc) is 3.88. The summed E-state index contributed by atoms with van der Waals surface area (Å²) in [6.07, 6.45) is 3.37. The van der Waals surface area contributed by atoms with E-state index in [4.69, 9.17) is 37.4 Å². The average molecular weight is 725 g/mol. The van der Waals surface area contributed by atoms with Gasteiger partial charge in [-0.05, 0) is 72.3 Å². The van der Waals surface area contributed by atoms with E-state index >= 15 is 4.39 Å². The summed E-state index contributed by atoms with van der Waals surface area (Å²) in [5.41, 5.74) is 2.75. The Hall–Kier alpha value is -4.50. The van der Waals surface area contributed by atoms with Crippen molar-refractivity contribution >= 4 is 34.6 Å². The largest absolute Gasteiger partial charge is 0.491 e. The second-order valence-electron chi connectivity index (χ2n) is 12.3. The maximum atomic E-state index is 15.4. The minimum absolute atomic E-state index is 0.0350. The third-order valence-corrected chi connectivity index (χ3v) is 9.68. The van der Waals surface area contributed by atoms with Gasteiger partial charge in [0.25, 0.3) is 0 Å². The van der Waals surface area contributed by atoms with Crippen molar-refractivity contribution in [2.24, 2.45) is 0 Å². The molecule has 0 spiro atoms. The lowest BCUT2D eigenvalue weighted by Gasteiger charge is -2.37. The first-order valence-electron chi connectivity index (χ1n) is 16.4. The molecule has 0 N–H and O–H groups in total. The summed E-state index contributed by atoms with van der Waals surface area (Å²) in [4.78, 5) is 17.1. The summed E-state index contributed by atoms with van der Waals surface area (Å²) in [5.74, 6) is -1.26. The van der Waals surface area contributed by atoms with Gasteiger partial charge in [-0.15, -0.1) is 5.10 Å². The van der Waals surface area contributed by atoms with Crippen LogP contribution < -0.4 is 20.2 Å². The molecule has 0 bridgehead atoms. The van der Waals surface area contributed by atoms with Crippen LogP contribution in [0.1, 0.15) is 31.9 Å². The third-order valence-electron chi connectivity index (χ3n) is 9.13. The summed E-state index contributed by atoms with van der Waals surface area (Å²) in [7, 11) is 0. The highest BCUT2D eigenvalue weighted by Crippen LogP contribution is 2.40. The van der Waals surface area contributed by atoms with Gasteiger partial charge in [0.1, 0.15) is 43.5 Å². The van der Waals surface area contributed by atoms with Crippen molar-refractivity contribution in [1.82, 2.24) is 34.6 Å². The highest BCUT2D eigenvalue weighted by atomic mass is 35.5. The molecule has 2 aliphatic heterocycles. The van der Waals surface area contributed by atoms with Crippen LogP contribution in [0.2, 0.25) is 10.0 Å². The Kier molecular flexibility index (Phi) is 9.78. The van der Waals surface area contributed by atoms with Gasteiger partial charge in [-0.2, -0.15) is 5.10 Å². The zero-order valence-electron chi connectivity index (χ0n) is 27.5. The van der Waals surface area contributed by atoms with Gasteiger partial charge in [0, 0.05) is 48.5 Å². The van der Waals surface area contributed by atoms with Crippen LogP contribution in [0.25, 0.3) is 5.69 Å². The van der Waals surface area contributed by atoms with Crippen LogP contribution in [-0.2, 0) is 21.8 Å². The van der Waals surface area contributed by atoms with E-state index in [0.717, 1.165) is 17.8 Å². The van der Waals surface area contributed by atoms with Crippen molar-refractivity contribution in [3.8, 4) is 11.4 Å². The van der Waals surface area contributed by atoms with Gasteiger partial charge in [-0.3, -0.25) is 0 Å². The predicted molar refractivity (Wildman–Crippen MR) is 186 cm³/mol. The maximum absolute atomic E-state index is 15.4. The molecule has 50 heavy (non-hydrogen) atoms. The molecule has 2 aromatic heterocycles. The molecule has 5 aromatic rings. The summed E-state index contributed by atoms with van der Waals surface area (Å²) in [6, 6.07) is 17.9. The molecule has 2 aliphatic rings. The zero-order valence-corrected chi connectivity index (χ0v) is 29.0. The first-order valence-corrected chi connectivity index (χ1v) is 17.2. The van der Waals surface area contributed by atoms with E-state index < -0.39 is 11.9 Å². The van der Waals surface area contributed by atoms with Crippen LogP contribution in [0, 0.1) is 5.82 Å². The van der Waals surface area contributed by atoms with Gasteiger partial charge in [0.15, 0.2) is 0 Å². The van der Waals surface area contributed by atoms with Crippen LogP contribution in [0.5, 0.6) is 5.75 Å². The number of anilines is 2. The van der Waals surface area contributed by atoms with E-state index in [1.807, 2.05) is 43.0 Å². The number of hydrogen-bond donors (Lipinski definition) is 0. The molecule has 0 aliphatic carbocycles. The molecule has 1 unspecified atom stereocenters. The standard InChI is InChI=1S/C34H36Cl2FN9O4/c1-3-23(2)46-33(47)45(22-39-46)26-7-5-25(6-8-26)42-12-14-43(15-13-42)32-11-9-27(17-31(32)37)48-18-28-19-49-34(50-28,20-44-21-38-40-41-44)29-10-4-24(35)16-30(29)36/h4-11,16-17,21-23,28H,3,12-15,18-20H2,1-2H3/t23?,28-,34-/m1/s1. The Labute approximate surface area is 297 Å². The Balaban J connectivity index is 0.947. The van der Waals surface area contributed by atoms with Gasteiger partial charge in [-0.25, -0.2) is 23.1 Å². The molecule has 2 saturated heterocycles. The first-order chi connectivity index (χ1) is 24.2. The quantitative estimate of drug-likeness (QED) is 0.182. The molecule has 0 radical (unpaired) electrons. The molecule has 4 heterocycles. The fourth-order valence-corrected chi connectivity index (χ4v) is 6.79. The molecule has 2 fully saturated rings. The molecule has 0 saturated carbocycles. The molecule has 3 aromatic carbocycles. The summed E-state index contributed by atoms with van der Waals surface area (Å²) < 4.78 is 38.5. The Morgan fingerprint density at radius 1 is 1.00 bits per heavy atom. The molecule has 0 amide bonds. The number of tetrazole rings is 1.